The summed E-state index contributed by atoms with van der Waals surface area (Å²) in [5.74, 6) is 0.212. The second-order valence-electron chi connectivity index (χ2n) is 7.46. The summed E-state index contributed by atoms with van der Waals surface area (Å²) in [7, 11) is 0. The lowest BCUT2D eigenvalue weighted by molar-refractivity contribution is 0.101. The van der Waals surface area contributed by atoms with E-state index in [1.807, 2.05) is 49.4 Å². The van der Waals surface area contributed by atoms with Crippen molar-refractivity contribution in [2.75, 3.05) is 5.32 Å². The fourth-order valence-electron chi connectivity index (χ4n) is 3.55. The highest BCUT2D eigenvalue weighted by molar-refractivity contribution is 6.03. The number of hydrogen-bond donors (Lipinski definition) is 1. The predicted molar refractivity (Wildman–Crippen MR) is 120 cm³/mol. The van der Waals surface area contributed by atoms with Crippen molar-refractivity contribution in [2.45, 2.75) is 13.5 Å². The summed E-state index contributed by atoms with van der Waals surface area (Å²) < 4.78 is 7.15. The maximum absolute atomic E-state index is 12.6. The number of amides is 1. The molecule has 0 saturated heterocycles. The van der Waals surface area contributed by atoms with Crippen molar-refractivity contribution in [3.8, 4) is 11.3 Å². The Kier molecular flexibility index (Phi) is 4.80. The summed E-state index contributed by atoms with van der Waals surface area (Å²) in [4.78, 5) is 12.6. The lowest BCUT2D eigenvalue weighted by atomic mass is 10.0. The third kappa shape index (κ3) is 3.96. The second-order valence-corrected chi connectivity index (χ2v) is 7.46. The highest BCUT2D eigenvalue weighted by Gasteiger charge is 2.15. The van der Waals surface area contributed by atoms with E-state index in [1.54, 1.807) is 23.1 Å². The van der Waals surface area contributed by atoms with E-state index in [0.29, 0.717) is 18.0 Å². The molecule has 2 heterocycles. The molecule has 1 amide bonds. The Morgan fingerprint density at radius 1 is 1.03 bits per heavy atom. The summed E-state index contributed by atoms with van der Waals surface area (Å²) in [5.41, 5.74) is 4.02. The zero-order valence-electron chi connectivity index (χ0n) is 16.9. The van der Waals surface area contributed by atoms with Gasteiger partial charge in [-0.15, -0.1) is 0 Å². The minimum absolute atomic E-state index is 0.220. The molecular weight excluding hydrogens is 388 g/mol. The van der Waals surface area contributed by atoms with Crippen LogP contribution in [0.5, 0.6) is 0 Å². The molecule has 0 atom stereocenters. The van der Waals surface area contributed by atoms with Gasteiger partial charge in [-0.1, -0.05) is 77.5 Å². The minimum Gasteiger partial charge on any atom is -0.355 e. The number of anilines is 1. The second kappa shape index (κ2) is 7.91. The van der Waals surface area contributed by atoms with Crippen molar-refractivity contribution in [3.05, 3.63) is 102 Å². The van der Waals surface area contributed by atoms with Crippen LogP contribution in [0.1, 0.15) is 21.6 Å². The number of benzene rings is 3. The van der Waals surface area contributed by atoms with E-state index < -0.39 is 0 Å². The molecule has 1 N–H and O–H groups in total. The molecule has 0 saturated carbocycles. The van der Waals surface area contributed by atoms with Crippen LogP contribution in [0.15, 0.2) is 89.7 Å². The van der Waals surface area contributed by atoms with E-state index in [9.17, 15) is 4.79 Å². The largest absolute Gasteiger partial charge is 0.355 e. The Morgan fingerprint density at radius 2 is 1.84 bits per heavy atom. The molecule has 0 aliphatic rings. The van der Waals surface area contributed by atoms with Crippen molar-refractivity contribution >= 4 is 22.4 Å². The number of nitrogens with one attached hydrogen (secondary N) is 1. The topological polar surface area (TPSA) is 73.0 Å². The zero-order chi connectivity index (χ0) is 21.2. The summed E-state index contributed by atoms with van der Waals surface area (Å²) in [6.07, 6.45) is 3.44. The molecule has 31 heavy (non-hydrogen) atoms. The van der Waals surface area contributed by atoms with Crippen LogP contribution in [0.4, 0.5) is 5.69 Å². The van der Waals surface area contributed by atoms with Crippen molar-refractivity contribution in [1.82, 2.24) is 14.9 Å². The Morgan fingerprint density at radius 3 is 2.71 bits per heavy atom. The number of carbonyl (C=O) groups excluding carboxylic acids is 1. The zero-order valence-corrected chi connectivity index (χ0v) is 16.9. The van der Waals surface area contributed by atoms with E-state index >= 15 is 0 Å². The Balaban J connectivity index is 1.29. The molecule has 0 aliphatic carbocycles. The van der Waals surface area contributed by atoms with E-state index in [4.69, 9.17) is 4.52 Å². The first-order valence-electron chi connectivity index (χ1n) is 10.00. The Hall–Kier alpha value is -4.19. The molecule has 152 valence electrons. The first-order chi connectivity index (χ1) is 15.2. The number of rotatable bonds is 5. The average Bonchev–Trinajstić information content (AvgIpc) is 3.45. The van der Waals surface area contributed by atoms with Gasteiger partial charge >= 0.3 is 0 Å². The fourth-order valence-corrected chi connectivity index (χ4v) is 3.55. The molecule has 0 spiro atoms. The number of fused-ring (bicyclic) bond motifs is 1. The third-order valence-corrected chi connectivity index (χ3v) is 5.18. The fraction of sp³-hybridized carbons (Fsp3) is 0.0800. The van der Waals surface area contributed by atoms with Crippen LogP contribution in [-0.2, 0) is 6.54 Å². The lowest BCUT2D eigenvalue weighted by Gasteiger charge is -2.06. The van der Waals surface area contributed by atoms with E-state index in [1.165, 1.54) is 16.3 Å². The normalized spacial score (nSPS) is 11.0. The monoisotopic (exact) mass is 408 g/mol. The van der Waals surface area contributed by atoms with Crippen LogP contribution >= 0.6 is 0 Å². The van der Waals surface area contributed by atoms with Gasteiger partial charge in [0, 0.05) is 17.8 Å². The predicted octanol–water partition coefficient (Wildman–Crippen LogP) is 5.30. The van der Waals surface area contributed by atoms with Crippen LogP contribution in [0, 0.1) is 6.92 Å². The van der Waals surface area contributed by atoms with Gasteiger partial charge in [0.2, 0.25) is 0 Å². The van der Waals surface area contributed by atoms with Gasteiger partial charge in [-0.05, 0) is 23.3 Å². The summed E-state index contributed by atoms with van der Waals surface area (Å²) in [6.45, 7) is 2.63. The van der Waals surface area contributed by atoms with Gasteiger partial charge in [-0.3, -0.25) is 9.48 Å². The molecule has 0 unspecified atom stereocenters. The first kappa shape index (κ1) is 18.8. The molecule has 6 heteroatoms. The summed E-state index contributed by atoms with van der Waals surface area (Å²) in [6, 6.07) is 24.0. The first-order valence-corrected chi connectivity index (χ1v) is 10.00. The molecule has 5 rings (SSSR count). The highest BCUT2D eigenvalue weighted by atomic mass is 16.5. The molecule has 3 aromatic carbocycles. The SMILES string of the molecule is Cc1ccc(-c2cc(C(=O)Nc3cnn(Cc4cccc5ccccc45)c3)no2)cc1. The molecule has 0 radical (unpaired) electrons. The van der Waals surface area contributed by atoms with Crippen molar-refractivity contribution in [1.29, 1.82) is 0 Å². The molecule has 5 aromatic rings. The maximum Gasteiger partial charge on any atom is 0.277 e. The van der Waals surface area contributed by atoms with Crippen LogP contribution in [0.2, 0.25) is 0 Å². The maximum atomic E-state index is 12.6. The average molecular weight is 408 g/mol. The van der Waals surface area contributed by atoms with Crippen LogP contribution in [0.3, 0.4) is 0 Å². The van der Waals surface area contributed by atoms with Gasteiger partial charge in [0.15, 0.2) is 11.5 Å². The molecule has 2 aromatic heterocycles. The molecule has 0 fully saturated rings. The number of nitrogens with zero attached hydrogens (tertiary/aromatic N) is 3. The minimum atomic E-state index is -0.341. The van der Waals surface area contributed by atoms with E-state index in [2.05, 4.69) is 39.8 Å². The number of aryl methyl sites for hydroxylation is 1. The molecule has 0 aliphatic heterocycles. The Labute approximate surface area is 179 Å². The quantitative estimate of drug-likeness (QED) is 0.428. The van der Waals surface area contributed by atoms with Gasteiger partial charge in [0.25, 0.3) is 5.91 Å². The third-order valence-electron chi connectivity index (χ3n) is 5.18. The molecule has 6 nitrogen and oxygen atoms in total. The number of aromatic nitrogens is 3. The smallest absolute Gasteiger partial charge is 0.277 e. The van der Waals surface area contributed by atoms with Gasteiger partial charge in [0.05, 0.1) is 18.4 Å². The summed E-state index contributed by atoms with van der Waals surface area (Å²) >= 11 is 0. The van der Waals surface area contributed by atoms with Crippen molar-refractivity contribution in [3.63, 3.8) is 0 Å². The van der Waals surface area contributed by atoms with Crippen molar-refractivity contribution < 1.29 is 9.32 Å². The van der Waals surface area contributed by atoms with Gasteiger partial charge in [-0.25, -0.2) is 0 Å². The van der Waals surface area contributed by atoms with Gasteiger partial charge in [0.1, 0.15) is 0 Å². The van der Waals surface area contributed by atoms with Crippen LogP contribution < -0.4 is 5.32 Å². The van der Waals surface area contributed by atoms with E-state index in [-0.39, 0.29) is 11.6 Å². The lowest BCUT2D eigenvalue weighted by Crippen LogP contribution is -2.11. The molecular formula is C25H20N4O2. The number of carbonyl (C=O) groups is 1. The van der Waals surface area contributed by atoms with Crippen LogP contribution in [-0.4, -0.2) is 20.8 Å². The van der Waals surface area contributed by atoms with Gasteiger partial charge in [-0.2, -0.15) is 5.10 Å². The van der Waals surface area contributed by atoms with E-state index in [0.717, 1.165) is 11.1 Å². The highest BCUT2D eigenvalue weighted by Crippen LogP contribution is 2.22. The van der Waals surface area contributed by atoms with Gasteiger partial charge < -0.3 is 9.84 Å². The summed E-state index contributed by atoms with van der Waals surface area (Å²) in [5, 5.41) is 13.5. The Bertz CT molecular complexity index is 1360. The molecule has 0 bridgehead atoms. The number of hydrogen-bond acceptors (Lipinski definition) is 4. The van der Waals surface area contributed by atoms with Crippen molar-refractivity contribution in [2.24, 2.45) is 0 Å². The van der Waals surface area contributed by atoms with Crippen LogP contribution in [0.25, 0.3) is 22.1 Å². The standard InChI is InChI=1S/C25H20N4O2/c1-17-9-11-19(12-10-17)24-13-23(28-31-24)25(30)27-21-14-26-29(16-21)15-20-7-4-6-18-5-2-3-8-22(18)20/h2-14,16H,15H2,1H3,(H,27,30).